The van der Waals surface area contributed by atoms with E-state index in [1.165, 1.54) is 12.8 Å². The van der Waals surface area contributed by atoms with Gasteiger partial charge in [-0.1, -0.05) is 6.92 Å². The van der Waals surface area contributed by atoms with E-state index < -0.39 is 0 Å². The molecule has 1 fully saturated rings. The summed E-state index contributed by atoms with van der Waals surface area (Å²) in [4.78, 5) is 2.34. The maximum Gasteiger partial charge on any atom is 0.0791 e. The molecule has 0 radical (unpaired) electrons. The molecule has 16 heavy (non-hydrogen) atoms. The lowest BCUT2D eigenvalue weighted by molar-refractivity contribution is 0.118. The van der Waals surface area contributed by atoms with Crippen molar-refractivity contribution in [3.05, 3.63) is 0 Å². The Morgan fingerprint density at radius 2 is 2.00 bits per heavy atom. The van der Waals surface area contributed by atoms with Gasteiger partial charge in [0.1, 0.15) is 0 Å². The average molecular weight is 230 g/mol. The van der Waals surface area contributed by atoms with Crippen LogP contribution < -0.4 is 5.32 Å². The van der Waals surface area contributed by atoms with Crippen LogP contribution in [0.1, 0.15) is 19.8 Å². The number of hydrogen-bond donors (Lipinski definition) is 2. The number of hydrogen-bond acceptors (Lipinski definition) is 4. The molecule has 1 saturated heterocycles. The molecule has 2 unspecified atom stereocenters. The van der Waals surface area contributed by atoms with Crippen LogP contribution in [0.15, 0.2) is 0 Å². The topological polar surface area (TPSA) is 44.7 Å². The molecule has 1 rings (SSSR count). The Labute approximate surface area is 99.0 Å². The molecule has 0 spiro atoms. The van der Waals surface area contributed by atoms with Crippen molar-refractivity contribution in [1.29, 1.82) is 0 Å². The van der Waals surface area contributed by atoms with Gasteiger partial charge < -0.3 is 20.1 Å². The highest BCUT2D eigenvalue weighted by Gasteiger charge is 2.15. The standard InChI is InChI=1S/C12H26N2O2/c1-11(10-16-2)7-13-8-12(15)9-14-5-3-4-6-14/h11-13,15H,3-10H2,1-2H3. The lowest BCUT2D eigenvalue weighted by Crippen LogP contribution is -2.38. The fraction of sp³-hybridized carbons (Fsp3) is 1.00. The van der Waals surface area contributed by atoms with E-state index in [9.17, 15) is 5.11 Å². The minimum atomic E-state index is -0.243. The summed E-state index contributed by atoms with van der Waals surface area (Å²) in [6.07, 6.45) is 2.32. The summed E-state index contributed by atoms with van der Waals surface area (Å²) < 4.78 is 5.06. The number of methoxy groups -OCH3 is 1. The van der Waals surface area contributed by atoms with Gasteiger partial charge in [0.2, 0.25) is 0 Å². The Morgan fingerprint density at radius 3 is 2.62 bits per heavy atom. The zero-order valence-electron chi connectivity index (χ0n) is 10.6. The largest absolute Gasteiger partial charge is 0.390 e. The molecular weight excluding hydrogens is 204 g/mol. The molecule has 0 aliphatic carbocycles. The smallest absolute Gasteiger partial charge is 0.0791 e. The molecule has 96 valence electrons. The van der Waals surface area contributed by atoms with E-state index in [1.54, 1.807) is 7.11 Å². The molecule has 0 aromatic rings. The highest BCUT2D eigenvalue weighted by molar-refractivity contribution is 4.71. The number of likely N-dealkylation sites (tertiary alicyclic amines) is 1. The van der Waals surface area contributed by atoms with Crippen LogP contribution in [-0.2, 0) is 4.74 Å². The molecule has 1 aliphatic heterocycles. The SMILES string of the molecule is COCC(C)CNCC(O)CN1CCCC1. The summed E-state index contributed by atoms with van der Waals surface area (Å²) >= 11 is 0. The quantitative estimate of drug-likeness (QED) is 0.630. The molecule has 1 aliphatic rings. The van der Waals surface area contributed by atoms with E-state index in [2.05, 4.69) is 17.1 Å². The molecule has 0 saturated carbocycles. The van der Waals surface area contributed by atoms with Crippen molar-refractivity contribution in [3.63, 3.8) is 0 Å². The minimum Gasteiger partial charge on any atom is -0.390 e. The van der Waals surface area contributed by atoms with Crippen molar-refractivity contribution in [1.82, 2.24) is 10.2 Å². The van der Waals surface area contributed by atoms with Gasteiger partial charge in [-0.25, -0.2) is 0 Å². The second-order valence-electron chi connectivity index (χ2n) is 4.88. The van der Waals surface area contributed by atoms with Crippen LogP contribution >= 0.6 is 0 Å². The molecule has 2 N–H and O–H groups in total. The van der Waals surface area contributed by atoms with Crippen LogP contribution in [0.3, 0.4) is 0 Å². The van der Waals surface area contributed by atoms with Gasteiger partial charge in [-0.2, -0.15) is 0 Å². The first-order valence-corrected chi connectivity index (χ1v) is 6.32. The van der Waals surface area contributed by atoms with Gasteiger partial charge in [0.05, 0.1) is 6.10 Å². The molecule has 0 bridgehead atoms. The third-order valence-electron chi connectivity index (χ3n) is 2.99. The maximum absolute atomic E-state index is 9.82. The Balaban J connectivity index is 1.98. The molecule has 4 heteroatoms. The van der Waals surface area contributed by atoms with Gasteiger partial charge in [0.15, 0.2) is 0 Å². The molecular formula is C12H26N2O2. The third-order valence-corrected chi connectivity index (χ3v) is 2.99. The molecule has 0 aromatic carbocycles. The van der Waals surface area contributed by atoms with E-state index in [-0.39, 0.29) is 6.10 Å². The molecule has 1 heterocycles. The van der Waals surface area contributed by atoms with Crippen LogP contribution in [0.4, 0.5) is 0 Å². The molecule has 4 nitrogen and oxygen atoms in total. The second kappa shape index (κ2) is 8.01. The van der Waals surface area contributed by atoms with E-state index in [0.717, 1.165) is 32.8 Å². The number of nitrogens with one attached hydrogen (secondary N) is 1. The Kier molecular flexibility index (Phi) is 6.96. The Morgan fingerprint density at radius 1 is 1.31 bits per heavy atom. The normalized spacial score (nSPS) is 21.2. The molecule has 0 amide bonds. The van der Waals surface area contributed by atoms with Crippen LogP contribution in [0.2, 0.25) is 0 Å². The summed E-state index contributed by atoms with van der Waals surface area (Å²) in [6, 6.07) is 0. The zero-order chi connectivity index (χ0) is 11.8. The van der Waals surface area contributed by atoms with E-state index in [0.29, 0.717) is 12.5 Å². The molecule has 0 aromatic heterocycles. The Bertz CT molecular complexity index is 172. The van der Waals surface area contributed by atoms with Crippen molar-refractivity contribution in [2.45, 2.75) is 25.9 Å². The third kappa shape index (κ3) is 5.80. The lowest BCUT2D eigenvalue weighted by atomic mass is 10.2. The van der Waals surface area contributed by atoms with Gasteiger partial charge in [-0.05, 0) is 38.4 Å². The highest BCUT2D eigenvalue weighted by atomic mass is 16.5. The summed E-state index contributed by atoms with van der Waals surface area (Å²) in [5.41, 5.74) is 0. The van der Waals surface area contributed by atoms with Crippen molar-refractivity contribution in [3.8, 4) is 0 Å². The summed E-state index contributed by atoms with van der Waals surface area (Å²) in [5, 5.41) is 13.1. The highest BCUT2D eigenvalue weighted by Crippen LogP contribution is 2.07. The van der Waals surface area contributed by atoms with Crippen molar-refractivity contribution in [2.75, 3.05) is 46.4 Å². The predicted octanol–water partition coefficient (Wildman–Crippen LogP) is 0.315. The van der Waals surface area contributed by atoms with Gasteiger partial charge in [-0.3, -0.25) is 0 Å². The number of rotatable bonds is 8. The lowest BCUT2D eigenvalue weighted by Gasteiger charge is -2.20. The predicted molar refractivity (Wildman–Crippen MR) is 65.6 cm³/mol. The minimum absolute atomic E-state index is 0.243. The average Bonchev–Trinajstić information content (AvgIpc) is 2.70. The van der Waals surface area contributed by atoms with E-state index >= 15 is 0 Å². The zero-order valence-corrected chi connectivity index (χ0v) is 10.6. The summed E-state index contributed by atoms with van der Waals surface area (Å²) in [5.74, 6) is 0.504. The number of aliphatic hydroxyl groups is 1. The van der Waals surface area contributed by atoms with Gasteiger partial charge in [0, 0.05) is 26.8 Å². The fourth-order valence-corrected chi connectivity index (χ4v) is 2.17. The first-order valence-electron chi connectivity index (χ1n) is 6.32. The first-order chi connectivity index (χ1) is 7.72. The van der Waals surface area contributed by atoms with Gasteiger partial charge in [0.25, 0.3) is 0 Å². The molecule has 2 atom stereocenters. The fourth-order valence-electron chi connectivity index (χ4n) is 2.17. The van der Waals surface area contributed by atoms with Crippen LogP contribution in [0.5, 0.6) is 0 Å². The Hall–Kier alpha value is -0.160. The van der Waals surface area contributed by atoms with Crippen molar-refractivity contribution < 1.29 is 9.84 Å². The van der Waals surface area contributed by atoms with Crippen LogP contribution in [0, 0.1) is 5.92 Å². The maximum atomic E-state index is 9.82. The first kappa shape index (κ1) is 13.9. The number of nitrogens with zero attached hydrogens (tertiary/aromatic N) is 1. The van der Waals surface area contributed by atoms with Gasteiger partial charge in [-0.15, -0.1) is 0 Å². The summed E-state index contributed by atoms with van der Waals surface area (Å²) in [7, 11) is 1.72. The van der Waals surface area contributed by atoms with E-state index in [4.69, 9.17) is 4.74 Å². The van der Waals surface area contributed by atoms with Crippen LogP contribution in [-0.4, -0.2) is 62.6 Å². The van der Waals surface area contributed by atoms with Crippen LogP contribution in [0.25, 0.3) is 0 Å². The second-order valence-corrected chi connectivity index (χ2v) is 4.88. The number of β-amino-alcohol motifs (C(OH)–C–C–N with tert-alkyl or cyclic N) is 1. The monoisotopic (exact) mass is 230 g/mol. The van der Waals surface area contributed by atoms with Gasteiger partial charge >= 0.3 is 0 Å². The summed E-state index contributed by atoms with van der Waals surface area (Å²) in [6.45, 7) is 7.62. The van der Waals surface area contributed by atoms with Crippen molar-refractivity contribution >= 4 is 0 Å². The van der Waals surface area contributed by atoms with Crippen molar-refractivity contribution in [2.24, 2.45) is 5.92 Å². The number of ether oxygens (including phenoxy) is 1. The number of aliphatic hydroxyl groups excluding tert-OH is 1. The van der Waals surface area contributed by atoms with E-state index in [1.807, 2.05) is 0 Å².